The fourth-order valence-electron chi connectivity index (χ4n) is 2.17. The second-order valence-electron chi connectivity index (χ2n) is 4.93. The summed E-state index contributed by atoms with van der Waals surface area (Å²) in [5.74, 6) is 0. The SMILES string of the molecule is CCN1CCOC(CNS(=O)(=O)c2ccc(CN)nc2)C1. The lowest BCUT2D eigenvalue weighted by Crippen LogP contribution is -2.47. The highest BCUT2D eigenvalue weighted by Gasteiger charge is 2.22. The van der Waals surface area contributed by atoms with Crippen LogP contribution in [0, 0.1) is 0 Å². The number of morpholine rings is 1. The molecule has 1 fully saturated rings. The summed E-state index contributed by atoms with van der Waals surface area (Å²) in [6, 6.07) is 3.13. The lowest BCUT2D eigenvalue weighted by molar-refractivity contribution is -0.0229. The van der Waals surface area contributed by atoms with Crippen molar-refractivity contribution < 1.29 is 13.2 Å². The van der Waals surface area contributed by atoms with E-state index in [0.717, 1.165) is 19.6 Å². The van der Waals surface area contributed by atoms with Crippen molar-refractivity contribution in [3.8, 4) is 0 Å². The highest BCUT2D eigenvalue weighted by molar-refractivity contribution is 7.89. The molecule has 7 nitrogen and oxygen atoms in total. The summed E-state index contributed by atoms with van der Waals surface area (Å²) in [5.41, 5.74) is 6.10. The lowest BCUT2D eigenvalue weighted by atomic mass is 10.3. The van der Waals surface area contributed by atoms with Crippen LogP contribution < -0.4 is 10.5 Å². The summed E-state index contributed by atoms with van der Waals surface area (Å²) in [6.45, 7) is 5.84. The maximum Gasteiger partial charge on any atom is 0.242 e. The van der Waals surface area contributed by atoms with Crippen LogP contribution >= 0.6 is 0 Å². The van der Waals surface area contributed by atoms with Gasteiger partial charge in [0.2, 0.25) is 10.0 Å². The van der Waals surface area contributed by atoms with E-state index in [9.17, 15) is 8.42 Å². The van der Waals surface area contributed by atoms with E-state index >= 15 is 0 Å². The van der Waals surface area contributed by atoms with Gasteiger partial charge in [0.15, 0.2) is 0 Å². The van der Waals surface area contributed by atoms with Crippen LogP contribution in [0.5, 0.6) is 0 Å². The first-order chi connectivity index (χ1) is 10.0. The van der Waals surface area contributed by atoms with E-state index in [4.69, 9.17) is 10.5 Å². The summed E-state index contributed by atoms with van der Waals surface area (Å²) < 4.78 is 32.5. The maximum absolute atomic E-state index is 12.2. The molecule has 2 heterocycles. The Morgan fingerprint density at radius 3 is 2.95 bits per heavy atom. The zero-order valence-electron chi connectivity index (χ0n) is 12.2. The zero-order chi connectivity index (χ0) is 15.3. The van der Waals surface area contributed by atoms with Gasteiger partial charge in [-0.1, -0.05) is 6.92 Å². The maximum atomic E-state index is 12.2. The first kappa shape index (κ1) is 16.3. The Kier molecular flexibility index (Phi) is 5.65. The van der Waals surface area contributed by atoms with Crippen molar-refractivity contribution >= 4 is 10.0 Å². The van der Waals surface area contributed by atoms with Gasteiger partial charge in [-0.2, -0.15) is 0 Å². The van der Waals surface area contributed by atoms with E-state index in [-0.39, 0.29) is 24.1 Å². The van der Waals surface area contributed by atoms with Gasteiger partial charge < -0.3 is 10.5 Å². The Morgan fingerprint density at radius 1 is 1.52 bits per heavy atom. The smallest absolute Gasteiger partial charge is 0.242 e. The molecule has 3 N–H and O–H groups in total. The van der Waals surface area contributed by atoms with E-state index < -0.39 is 10.0 Å². The fraction of sp³-hybridized carbons (Fsp3) is 0.615. The van der Waals surface area contributed by atoms with Crippen molar-refractivity contribution in [3.05, 3.63) is 24.0 Å². The average Bonchev–Trinajstić information content (AvgIpc) is 2.53. The molecule has 1 aliphatic heterocycles. The molecular formula is C13H22N4O3S. The van der Waals surface area contributed by atoms with Crippen LogP contribution in [-0.2, 0) is 21.3 Å². The summed E-state index contributed by atoms with van der Waals surface area (Å²) in [5, 5.41) is 0. The van der Waals surface area contributed by atoms with Gasteiger partial charge in [-0.05, 0) is 18.7 Å². The van der Waals surface area contributed by atoms with Gasteiger partial charge in [-0.25, -0.2) is 13.1 Å². The molecule has 1 unspecified atom stereocenters. The topological polar surface area (TPSA) is 97.5 Å². The molecule has 2 rings (SSSR count). The van der Waals surface area contributed by atoms with Crippen LogP contribution in [0.2, 0.25) is 0 Å². The van der Waals surface area contributed by atoms with Crippen molar-refractivity contribution in [3.63, 3.8) is 0 Å². The third-order valence-electron chi connectivity index (χ3n) is 3.49. The molecule has 0 spiro atoms. The molecule has 0 saturated carbocycles. The monoisotopic (exact) mass is 314 g/mol. The minimum Gasteiger partial charge on any atom is -0.374 e. The van der Waals surface area contributed by atoms with Gasteiger partial charge in [0.1, 0.15) is 4.90 Å². The van der Waals surface area contributed by atoms with Crippen LogP contribution in [-0.4, -0.2) is 57.2 Å². The van der Waals surface area contributed by atoms with Crippen molar-refractivity contribution in [2.75, 3.05) is 32.8 Å². The third kappa shape index (κ3) is 4.45. The zero-order valence-corrected chi connectivity index (χ0v) is 13.0. The number of likely N-dealkylation sites (N-methyl/N-ethyl adjacent to an activating group) is 1. The number of nitrogens with zero attached hydrogens (tertiary/aromatic N) is 2. The van der Waals surface area contributed by atoms with E-state index in [2.05, 4.69) is 21.5 Å². The number of hydrogen-bond donors (Lipinski definition) is 2. The summed E-state index contributed by atoms with van der Waals surface area (Å²) in [4.78, 5) is 6.38. The number of nitrogens with one attached hydrogen (secondary N) is 1. The minimum absolute atomic E-state index is 0.121. The Bertz CT molecular complexity index is 547. The highest BCUT2D eigenvalue weighted by atomic mass is 32.2. The molecular weight excluding hydrogens is 292 g/mol. The number of hydrogen-bond acceptors (Lipinski definition) is 6. The first-order valence-corrected chi connectivity index (χ1v) is 8.52. The fourth-order valence-corrected chi connectivity index (χ4v) is 3.18. The predicted molar refractivity (Wildman–Crippen MR) is 79.2 cm³/mol. The number of aromatic nitrogens is 1. The van der Waals surface area contributed by atoms with Crippen molar-refractivity contribution in [1.29, 1.82) is 0 Å². The number of sulfonamides is 1. The molecule has 0 aliphatic carbocycles. The molecule has 21 heavy (non-hydrogen) atoms. The molecule has 1 aromatic heterocycles. The molecule has 118 valence electrons. The molecule has 0 amide bonds. The van der Waals surface area contributed by atoms with E-state index in [1.165, 1.54) is 12.3 Å². The number of pyridine rings is 1. The summed E-state index contributed by atoms with van der Waals surface area (Å²) >= 11 is 0. The number of rotatable bonds is 6. The summed E-state index contributed by atoms with van der Waals surface area (Å²) in [7, 11) is -3.56. The molecule has 1 atom stereocenters. The highest BCUT2D eigenvalue weighted by Crippen LogP contribution is 2.09. The van der Waals surface area contributed by atoms with Crippen LogP contribution in [0.1, 0.15) is 12.6 Å². The molecule has 1 aromatic rings. The van der Waals surface area contributed by atoms with Gasteiger partial charge in [-0.3, -0.25) is 9.88 Å². The second kappa shape index (κ2) is 7.28. The standard InChI is InChI=1S/C13H22N4O3S/c1-2-17-5-6-20-12(10-17)8-16-21(18,19)13-4-3-11(7-14)15-9-13/h3-4,9,12,16H,2,5-8,10,14H2,1H3. The molecule has 8 heteroatoms. The molecule has 0 radical (unpaired) electrons. The van der Waals surface area contributed by atoms with Crippen molar-refractivity contribution in [2.24, 2.45) is 5.73 Å². The second-order valence-corrected chi connectivity index (χ2v) is 6.69. The Labute approximate surface area is 125 Å². The molecule has 0 aromatic carbocycles. The molecule has 1 aliphatic rings. The lowest BCUT2D eigenvalue weighted by Gasteiger charge is -2.32. The van der Waals surface area contributed by atoms with Gasteiger partial charge in [0.25, 0.3) is 0 Å². The Hall–Kier alpha value is -1.06. The Morgan fingerprint density at radius 2 is 2.33 bits per heavy atom. The summed E-state index contributed by atoms with van der Waals surface area (Å²) in [6.07, 6.45) is 1.20. The molecule has 1 saturated heterocycles. The van der Waals surface area contributed by atoms with Crippen LogP contribution in [0.3, 0.4) is 0 Å². The van der Waals surface area contributed by atoms with Crippen LogP contribution in [0.4, 0.5) is 0 Å². The quantitative estimate of drug-likeness (QED) is 0.737. The van der Waals surface area contributed by atoms with Gasteiger partial charge in [0, 0.05) is 32.4 Å². The number of ether oxygens (including phenoxy) is 1. The first-order valence-electron chi connectivity index (χ1n) is 7.03. The Balaban J connectivity index is 1.94. The predicted octanol–water partition coefficient (Wildman–Crippen LogP) is -0.461. The van der Waals surface area contributed by atoms with E-state index in [1.807, 2.05) is 0 Å². The van der Waals surface area contributed by atoms with Crippen molar-refractivity contribution in [2.45, 2.75) is 24.5 Å². The van der Waals surface area contributed by atoms with Gasteiger partial charge in [-0.15, -0.1) is 0 Å². The third-order valence-corrected chi connectivity index (χ3v) is 4.90. The largest absolute Gasteiger partial charge is 0.374 e. The average molecular weight is 314 g/mol. The van der Waals surface area contributed by atoms with E-state index in [1.54, 1.807) is 6.07 Å². The normalized spacial score (nSPS) is 20.6. The van der Waals surface area contributed by atoms with Crippen molar-refractivity contribution in [1.82, 2.24) is 14.6 Å². The van der Waals surface area contributed by atoms with Crippen LogP contribution in [0.15, 0.2) is 23.2 Å². The molecule has 0 bridgehead atoms. The minimum atomic E-state index is -3.56. The van der Waals surface area contributed by atoms with E-state index in [0.29, 0.717) is 12.3 Å². The number of nitrogens with two attached hydrogens (primary N) is 1. The van der Waals surface area contributed by atoms with Crippen LogP contribution in [0.25, 0.3) is 0 Å². The van der Waals surface area contributed by atoms with Gasteiger partial charge in [0.05, 0.1) is 18.4 Å². The van der Waals surface area contributed by atoms with Gasteiger partial charge >= 0.3 is 0 Å².